The second-order valence-electron chi connectivity index (χ2n) is 16.3. The van der Waals surface area contributed by atoms with Crippen LogP contribution < -0.4 is 5.11 Å². The molecule has 0 radical (unpaired) electrons. The van der Waals surface area contributed by atoms with E-state index in [4.69, 9.17) is 14.2 Å². The predicted octanol–water partition coefficient (Wildman–Crippen LogP) is 11.2. The summed E-state index contributed by atoms with van der Waals surface area (Å²) in [5, 5.41) is 11.6. The predicted molar refractivity (Wildman–Crippen MR) is 236 cm³/mol. The van der Waals surface area contributed by atoms with Crippen molar-refractivity contribution in [3.05, 3.63) is 60.8 Å². The van der Waals surface area contributed by atoms with Crippen LogP contribution in [-0.4, -0.2) is 75.5 Å². The van der Waals surface area contributed by atoms with Gasteiger partial charge < -0.3 is 28.6 Å². The fourth-order valence-electron chi connectivity index (χ4n) is 6.41. The minimum absolute atomic E-state index is 0.0292. The summed E-state index contributed by atoms with van der Waals surface area (Å²) < 4.78 is 17.1. The molecular weight excluding hydrogens is 715 g/mol. The summed E-state index contributed by atoms with van der Waals surface area (Å²) in [7, 11) is 5.39. The van der Waals surface area contributed by atoms with E-state index in [2.05, 4.69) is 62.5 Å². The number of allylic oxidation sites excluding steroid dienone is 10. The largest absolute Gasteiger partial charge is 0.544 e. The Bertz CT molecular complexity index is 1120. The van der Waals surface area contributed by atoms with Gasteiger partial charge in [-0.1, -0.05) is 164 Å². The number of hydrogen-bond donors (Lipinski definition) is 0. The summed E-state index contributed by atoms with van der Waals surface area (Å²) in [6.07, 6.45) is 48.2. The normalized spacial score (nSPS) is 13.5. The quantitative estimate of drug-likeness (QED) is 0.0263. The van der Waals surface area contributed by atoms with Crippen LogP contribution in [-0.2, 0) is 28.6 Å². The molecule has 0 N–H and O–H groups in total. The summed E-state index contributed by atoms with van der Waals surface area (Å²) in [6, 6.07) is -0.732. The maximum atomic E-state index is 12.7. The molecule has 0 aliphatic heterocycles. The highest BCUT2D eigenvalue weighted by Gasteiger charge is 2.25. The minimum atomic E-state index is -1.13. The Balaban J connectivity index is 4.30. The lowest BCUT2D eigenvalue weighted by Crippen LogP contribution is -2.55. The fraction of sp³-hybridized carbons (Fsp3) is 0.735. The van der Waals surface area contributed by atoms with Crippen LogP contribution in [0.25, 0.3) is 0 Å². The average Bonchev–Trinajstić information content (AvgIpc) is 3.17. The van der Waals surface area contributed by atoms with Gasteiger partial charge in [-0.3, -0.25) is 9.59 Å². The first-order chi connectivity index (χ1) is 27.6. The zero-order chi connectivity index (χ0) is 42.1. The number of ether oxygens (including phenoxy) is 3. The van der Waals surface area contributed by atoms with Crippen LogP contribution >= 0.6 is 0 Å². The van der Waals surface area contributed by atoms with Crippen molar-refractivity contribution in [2.45, 2.75) is 193 Å². The Morgan fingerprint density at radius 3 is 1.46 bits per heavy atom. The molecule has 0 saturated carbocycles. The van der Waals surface area contributed by atoms with Gasteiger partial charge >= 0.3 is 11.9 Å². The van der Waals surface area contributed by atoms with Crippen LogP contribution in [0.15, 0.2) is 60.8 Å². The van der Waals surface area contributed by atoms with Gasteiger partial charge in [-0.2, -0.15) is 0 Å². The Morgan fingerprint density at radius 2 is 0.982 bits per heavy atom. The van der Waals surface area contributed by atoms with E-state index >= 15 is 0 Å². The highest BCUT2D eigenvalue weighted by Crippen LogP contribution is 2.14. The molecule has 0 aromatic carbocycles. The number of nitrogens with zero attached hydrogens (tertiary/aromatic N) is 1. The van der Waals surface area contributed by atoms with E-state index in [-0.39, 0.29) is 42.7 Å². The third kappa shape index (κ3) is 38.3. The SMILES string of the molecule is CC/C=C/C=C/C=C/CCCCCCCC(=O)OC(COCCC(C(=O)[O-])[N+](C)(C)C)COC(=O)CCCCCCCCCCCC/C=C/C=C/CCCCCC. The van der Waals surface area contributed by atoms with Crippen molar-refractivity contribution in [2.24, 2.45) is 0 Å². The van der Waals surface area contributed by atoms with Crippen LogP contribution in [0.5, 0.6) is 0 Å². The number of carboxylic acids is 1. The van der Waals surface area contributed by atoms with Crippen LogP contribution in [0.1, 0.15) is 181 Å². The first-order valence-electron chi connectivity index (χ1n) is 22.9. The number of unbranched alkanes of at least 4 members (excludes halogenated alkanes) is 19. The molecule has 2 unspecified atom stereocenters. The molecular formula is C49H85NO7. The van der Waals surface area contributed by atoms with Crippen molar-refractivity contribution < 1.29 is 38.2 Å². The molecule has 0 saturated heterocycles. The Hall–Kier alpha value is -2.97. The number of likely N-dealkylation sites (N-methyl/N-ethyl adjacent to an activating group) is 1. The van der Waals surface area contributed by atoms with Gasteiger partial charge in [0.1, 0.15) is 12.6 Å². The van der Waals surface area contributed by atoms with E-state index in [9.17, 15) is 19.5 Å². The molecule has 0 bridgehead atoms. The molecule has 0 rings (SSSR count). The van der Waals surface area contributed by atoms with Gasteiger partial charge in [0.15, 0.2) is 6.10 Å². The molecule has 0 spiro atoms. The first kappa shape index (κ1) is 54.0. The van der Waals surface area contributed by atoms with Gasteiger partial charge in [0.25, 0.3) is 0 Å². The molecule has 0 heterocycles. The summed E-state index contributed by atoms with van der Waals surface area (Å²) in [6.45, 7) is 4.48. The van der Waals surface area contributed by atoms with Crippen LogP contribution in [0.4, 0.5) is 0 Å². The second kappa shape index (κ2) is 39.8. The summed E-state index contributed by atoms with van der Waals surface area (Å²) in [5.74, 6) is -1.77. The summed E-state index contributed by atoms with van der Waals surface area (Å²) in [5.41, 5.74) is 0. The van der Waals surface area contributed by atoms with Gasteiger partial charge in [-0.05, 0) is 57.8 Å². The standard InChI is InChI=1S/C49H85NO7/c1-6-8-10-12-14-16-18-20-21-22-23-24-25-26-28-29-31-33-35-37-39-47(51)56-44-45(43-55-42-41-46(49(53)54)50(3,4)5)57-48(52)40-38-36-34-32-30-27-19-17-15-13-11-9-7-2/h9,11,13,15-21,45-46H,6-8,10,12,14,22-44H2,1-5H3/b11-9+,15-13+,18-16+,19-17+,21-20+. The lowest BCUT2D eigenvalue weighted by molar-refractivity contribution is -0.889. The molecule has 8 nitrogen and oxygen atoms in total. The Labute approximate surface area is 349 Å². The average molecular weight is 800 g/mol. The lowest BCUT2D eigenvalue weighted by Gasteiger charge is -2.34. The smallest absolute Gasteiger partial charge is 0.306 e. The zero-order valence-electron chi connectivity index (χ0n) is 37.2. The highest BCUT2D eigenvalue weighted by atomic mass is 16.6. The number of quaternary nitrogens is 1. The highest BCUT2D eigenvalue weighted by molar-refractivity contribution is 5.70. The zero-order valence-corrected chi connectivity index (χ0v) is 37.2. The summed E-state index contributed by atoms with van der Waals surface area (Å²) >= 11 is 0. The van der Waals surface area contributed by atoms with Crippen LogP contribution in [0, 0.1) is 0 Å². The molecule has 57 heavy (non-hydrogen) atoms. The molecule has 2 atom stereocenters. The molecule has 0 aliphatic carbocycles. The molecule has 0 aromatic heterocycles. The van der Waals surface area contributed by atoms with Crippen LogP contribution in [0.2, 0.25) is 0 Å². The van der Waals surface area contributed by atoms with Crippen molar-refractivity contribution in [1.29, 1.82) is 0 Å². The summed E-state index contributed by atoms with van der Waals surface area (Å²) in [4.78, 5) is 36.9. The van der Waals surface area contributed by atoms with Crippen molar-refractivity contribution >= 4 is 17.9 Å². The van der Waals surface area contributed by atoms with Crippen molar-refractivity contribution in [3.63, 3.8) is 0 Å². The number of hydrogen-bond acceptors (Lipinski definition) is 7. The third-order valence-corrected chi connectivity index (χ3v) is 9.98. The fourth-order valence-corrected chi connectivity index (χ4v) is 6.41. The van der Waals surface area contributed by atoms with E-state index in [0.29, 0.717) is 12.8 Å². The number of aliphatic carboxylic acids is 1. The van der Waals surface area contributed by atoms with E-state index in [0.717, 1.165) is 64.2 Å². The van der Waals surface area contributed by atoms with Gasteiger partial charge in [0.2, 0.25) is 0 Å². The number of carbonyl (C=O) groups excluding carboxylic acids is 3. The number of esters is 2. The van der Waals surface area contributed by atoms with E-state index in [1.807, 2.05) is 12.2 Å². The van der Waals surface area contributed by atoms with Crippen molar-refractivity contribution in [3.8, 4) is 0 Å². The topological polar surface area (TPSA) is 102 Å². The van der Waals surface area contributed by atoms with E-state index in [1.54, 1.807) is 21.1 Å². The maximum absolute atomic E-state index is 12.7. The third-order valence-electron chi connectivity index (χ3n) is 9.98. The molecule has 0 amide bonds. The number of carboxylic acid groups (broad SMARTS) is 1. The molecule has 0 aliphatic rings. The molecule has 328 valence electrons. The van der Waals surface area contributed by atoms with Gasteiger partial charge in [0, 0.05) is 19.3 Å². The van der Waals surface area contributed by atoms with Gasteiger partial charge in [-0.15, -0.1) is 0 Å². The van der Waals surface area contributed by atoms with Gasteiger partial charge in [0.05, 0.1) is 40.3 Å². The lowest BCUT2D eigenvalue weighted by atomic mass is 10.1. The monoisotopic (exact) mass is 800 g/mol. The van der Waals surface area contributed by atoms with Crippen molar-refractivity contribution in [1.82, 2.24) is 0 Å². The maximum Gasteiger partial charge on any atom is 0.306 e. The van der Waals surface area contributed by atoms with Crippen LogP contribution in [0.3, 0.4) is 0 Å². The molecule has 8 heteroatoms. The number of carbonyl (C=O) groups is 3. The Kier molecular flexibility index (Phi) is 37.8. The number of rotatable bonds is 40. The molecule has 0 fully saturated rings. The van der Waals surface area contributed by atoms with Crippen molar-refractivity contribution in [2.75, 3.05) is 41.0 Å². The molecule has 0 aromatic rings. The van der Waals surface area contributed by atoms with E-state index < -0.39 is 18.1 Å². The Morgan fingerprint density at radius 1 is 0.544 bits per heavy atom. The first-order valence-corrected chi connectivity index (χ1v) is 22.9. The second-order valence-corrected chi connectivity index (χ2v) is 16.3. The minimum Gasteiger partial charge on any atom is -0.544 e. The van der Waals surface area contributed by atoms with E-state index in [1.165, 1.54) is 83.5 Å². The van der Waals surface area contributed by atoms with Gasteiger partial charge in [-0.25, -0.2) is 0 Å².